The molecule has 2 unspecified atom stereocenters. The molecule has 1 aromatic carbocycles. The molecule has 0 aliphatic carbocycles. The van der Waals surface area contributed by atoms with Crippen LogP contribution >= 0.6 is 0 Å². The second kappa shape index (κ2) is 12.6. The number of likely N-dealkylation sites (tertiary alicyclic amines) is 1. The van der Waals surface area contributed by atoms with E-state index >= 15 is 0 Å². The number of carboxylic acid groups (broad SMARTS) is 2. The molecule has 2 atom stereocenters. The molecule has 8 heteroatoms. The van der Waals surface area contributed by atoms with Crippen LogP contribution in [0.3, 0.4) is 0 Å². The van der Waals surface area contributed by atoms with Crippen molar-refractivity contribution in [3.05, 3.63) is 35.9 Å². The summed E-state index contributed by atoms with van der Waals surface area (Å²) in [5.74, 6) is -0.742. The van der Waals surface area contributed by atoms with Gasteiger partial charge in [0.05, 0.1) is 0 Å². The molecule has 33 heavy (non-hydrogen) atoms. The summed E-state index contributed by atoms with van der Waals surface area (Å²) < 4.78 is 0. The Labute approximate surface area is 195 Å². The van der Waals surface area contributed by atoms with Crippen molar-refractivity contribution in [3.8, 4) is 0 Å². The van der Waals surface area contributed by atoms with Crippen molar-refractivity contribution in [1.29, 1.82) is 0 Å². The minimum Gasteiger partial charge on any atom is -0.480 e. The average molecular weight is 460 g/mol. The predicted molar refractivity (Wildman–Crippen MR) is 125 cm³/mol. The average Bonchev–Trinajstić information content (AvgIpc) is 2.96. The Morgan fingerprint density at radius 3 is 2.39 bits per heavy atom. The van der Waals surface area contributed by atoms with Gasteiger partial charge in [-0.3, -0.25) is 14.5 Å². The molecule has 0 bridgehead atoms. The number of hydrogen-bond acceptors (Lipinski definition) is 4. The van der Waals surface area contributed by atoms with Crippen molar-refractivity contribution in [2.24, 2.45) is 5.92 Å². The number of carboxylic acids is 1. The molecule has 2 heterocycles. The maximum Gasteiger partial charge on any atom is 0.407 e. The van der Waals surface area contributed by atoms with Crippen LogP contribution in [-0.2, 0) is 9.59 Å². The Kier molecular flexibility index (Phi) is 9.54. The molecule has 2 aliphatic heterocycles. The molecule has 2 aliphatic rings. The minimum absolute atomic E-state index is 0.0138. The zero-order chi connectivity index (χ0) is 23.6. The van der Waals surface area contributed by atoms with Crippen LogP contribution in [0.25, 0.3) is 0 Å². The van der Waals surface area contributed by atoms with Gasteiger partial charge < -0.3 is 20.4 Å². The fourth-order valence-electron chi connectivity index (χ4n) is 5.18. The highest BCUT2D eigenvalue weighted by molar-refractivity contribution is 5.88. The first kappa shape index (κ1) is 25.0. The number of piperidine rings is 1. The van der Waals surface area contributed by atoms with Gasteiger partial charge in [0.25, 0.3) is 0 Å². The third kappa shape index (κ3) is 7.45. The monoisotopic (exact) mass is 459 g/mol. The number of carbonyl (C=O) groups excluding carboxylic acids is 1. The van der Waals surface area contributed by atoms with E-state index in [1.807, 2.05) is 30.3 Å². The number of carbonyl (C=O) groups is 3. The summed E-state index contributed by atoms with van der Waals surface area (Å²) in [6, 6.07) is 8.89. The zero-order valence-electron chi connectivity index (χ0n) is 19.3. The van der Waals surface area contributed by atoms with E-state index in [2.05, 4.69) is 5.32 Å². The lowest BCUT2D eigenvalue weighted by molar-refractivity contribution is -0.146. The normalized spacial score (nSPS) is 22.1. The number of amides is 2. The summed E-state index contributed by atoms with van der Waals surface area (Å²) in [4.78, 5) is 39.3. The first-order valence-electron chi connectivity index (χ1n) is 12.2. The molecule has 182 valence electrons. The highest BCUT2D eigenvalue weighted by Gasteiger charge is 2.37. The molecule has 2 fully saturated rings. The Morgan fingerprint density at radius 2 is 1.73 bits per heavy atom. The third-order valence-electron chi connectivity index (χ3n) is 7.02. The molecule has 8 nitrogen and oxygen atoms in total. The number of nitrogens with zero attached hydrogens (tertiary/aromatic N) is 2. The predicted octanol–water partition coefficient (Wildman–Crippen LogP) is 3.39. The summed E-state index contributed by atoms with van der Waals surface area (Å²) in [6.45, 7) is 2.34. The fraction of sp³-hybridized carbons (Fsp3) is 0.640. The highest BCUT2D eigenvalue weighted by atomic mass is 16.4. The van der Waals surface area contributed by atoms with E-state index in [0.29, 0.717) is 25.8 Å². The quantitative estimate of drug-likeness (QED) is 0.463. The van der Waals surface area contributed by atoms with Gasteiger partial charge in [-0.05, 0) is 56.7 Å². The van der Waals surface area contributed by atoms with Gasteiger partial charge in [0.2, 0.25) is 5.91 Å². The number of nitrogens with one attached hydrogen (secondary N) is 1. The SMILES string of the molecule is O=C(O)CN1CC(c2ccccc2)CCC(N(CCCCCC2CCNCC2)C(=O)O)C1=O. The summed E-state index contributed by atoms with van der Waals surface area (Å²) in [7, 11) is 0. The van der Waals surface area contributed by atoms with Gasteiger partial charge in [0.15, 0.2) is 0 Å². The van der Waals surface area contributed by atoms with Crippen LogP contribution in [0, 0.1) is 5.92 Å². The van der Waals surface area contributed by atoms with E-state index in [-0.39, 0.29) is 12.5 Å². The summed E-state index contributed by atoms with van der Waals surface area (Å²) in [6.07, 6.45) is 6.22. The van der Waals surface area contributed by atoms with Gasteiger partial charge in [0, 0.05) is 19.0 Å². The lowest BCUT2D eigenvalue weighted by Crippen LogP contribution is -2.51. The van der Waals surface area contributed by atoms with Crippen molar-refractivity contribution >= 4 is 18.0 Å². The van der Waals surface area contributed by atoms with Gasteiger partial charge >= 0.3 is 12.1 Å². The Balaban J connectivity index is 1.61. The smallest absolute Gasteiger partial charge is 0.407 e. The first-order valence-corrected chi connectivity index (χ1v) is 12.2. The number of benzene rings is 1. The van der Waals surface area contributed by atoms with Crippen LogP contribution in [0.5, 0.6) is 0 Å². The van der Waals surface area contributed by atoms with Crippen molar-refractivity contribution in [2.75, 3.05) is 32.7 Å². The molecule has 1 aromatic rings. The Hall–Kier alpha value is -2.61. The molecule has 0 aromatic heterocycles. The van der Waals surface area contributed by atoms with Gasteiger partial charge in [-0.15, -0.1) is 0 Å². The number of hydrogen-bond donors (Lipinski definition) is 3. The topological polar surface area (TPSA) is 110 Å². The van der Waals surface area contributed by atoms with E-state index in [1.165, 1.54) is 29.1 Å². The molecule has 2 amide bonds. The molecule has 0 saturated carbocycles. The van der Waals surface area contributed by atoms with Crippen LogP contribution in [0.2, 0.25) is 0 Å². The van der Waals surface area contributed by atoms with Gasteiger partial charge in [-0.2, -0.15) is 0 Å². The second-order valence-electron chi connectivity index (χ2n) is 9.33. The summed E-state index contributed by atoms with van der Waals surface area (Å²) in [5, 5.41) is 22.6. The van der Waals surface area contributed by atoms with Gasteiger partial charge in [0.1, 0.15) is 12.6 Å². The molecule has 0 radical (unpaired) electrons. The molecular formula is C25H37N3O5. The van der Waals surface area contributed by atoms with Crippen LogP contribution in [0.4, 0.5) is 4.79 Å². The zero-order valence-corrected chi connectivity index (χ0v) is 19.3. The van der Waals surface area contributed by atoms with E-state index in [4.69, 9.17) is 0 Å². The van der Waals surface area contributed by atoms with Crippen molar-refractivity contribution in [2.45, 2.75) is 63.3 Å². The minimum atomic E-state index is -1.11. The third-order valence-corrected chi connectivity index (χ3v) is 7.02. The lowest BCUT2D eigenvalue weighted by atomic mass is 9.92. The molecule has 3 N–H and O–H groups in total. The Morgan fingerprint density at radius 1 is 1.00 bits per heavy atom. The van der Waals surface area contributed by atoms with E-state index in [1.54, 1.807) is 0 Å². The molecule has 3 rings (SSSR count). The van der Waals surface area contributed by atoms with Crippen LogP contribution < -0.4 is 5.32 Å². The maximum absolute atomic E-state index is 13.3. The largest absolute Gasteiger partial charge is 0.480 e. The standard InChI is InChI=1S/C25H37N3O5/c29-23(30)18-27-17-21(20-8-4-1-5-9-20)10-11-22(24(27)31)28(25(32)33)16-6-2-3-7-19-12-14-26-15-13-19/h1,4-5,8-9,19,21-22,26H,2-3,6-7,10-18H2,(H,29,30)(H,32,33). The highest BCUT2D eigenvalue weighted by Crippen LogP contribution is 2.29. The molecule has 2 saturated heterocycles. The first-order chi connectivity index (χ1) is 16.0. The maximum atomic E-state index is 13.3. The van der Waals surface area contributed by atoms with Crippen LogP contribution in [-0.4, -0.2) is 76.7 Å². The fourth-order valence-corrected chi connectivity index (χ4v) is 5.18. The second-order valence-corrected chi connectivity index (χ2v) is 9.33. The van der Waals surface area contributed by atoms with E-state index in [0.717, 1.165) is 37.4 Å². The summed E-state index contributed by atoms with van der Waals surface area (Å²) in [5.41, 5.74) is 1.04. The number of unbranched alkanes of at least 4 members (excludes halogenated alkanes) is 2. The van der Waals surface area contributed by atoms with Crippen molar-refractivity contribution in [3.63, 3.8) is 0 Å². The van der Waals surface area contributed by atoms with Crippen LogP contribution in [0.15, 0.2) is 30.3 Å². The molecular weight excluding hydrogens is 422 g/mol. The van der Waals surface area contributed by atoms with Gasteiger partial charge in [-0.1, -0.05) is 49.6 Å². The number of rotatable bonds is 10. The van der Waals surface area contributed by atoms with E-state index < -0.39 is 30.6 Å². The van der Waals surface area contributed by atoms with Crippen LogP contribution in [0.1, 0.15) is 62.8 Å². The van der Waals surface area contributed by atoms with Gasteiger partial charge in [-0.25, -0.2) is 4.79 Å². The van der Waals surface area contributed by atoms with Crippen molar-refractivity contribution < 1.29 is 24.6 Å². The lowest BCUT2D eigenvalue weighted by Gasteiger charge is -2.30. The Bertz CT molecular complexity index is 782. The van der Waals surface area contributed by atoms with E-state index in [9.17, 15) is 24.6 Å². The number of aliphatic carboxylic acids is 1. The molecule has 0 spiro atoms. The summed E-state index contributed by atoms with van der Waals surface area (Å²) >= 11 is 0. The van der Waals surface area contributed by atoms with Crippen molar-refractivity contribution in [1.82, 2.24) is 15.1 Å².